The molecule has 1 atom stereocenters. The first-order valence-electron chi connectivity index (χ1n) is 7.44. The zero-order chi connectivity index (χ0) is 17.9. The van der Waals surface area contributed by atoms with Gasteiger partial charge < -0.3 is 4.74 Å². The van der Waals surface area contributed by atoms with Crippen LogP contribution in [-0.2, 0) is 4.74 Å². The molecule has 0 aliphatic carbocycles. The van der Waals surface area contributed by atoms with E-state index in [2.05, 4.69) is 0 Å². The van der Waals surface area contributed by atoms with Crippen LogP contribution in [0.1, 0.15) is 51.9 Å². The van der Waals surface area contributed by atoms with Crippen LogP contribution in [0, 0.1) is 11.6 Å². The van der Waals surface area contributed by atoms with Crippen molar-refractivity contribution in [2.45, 2.75) is 59.2 Å². The minimum absolute atomic E-state index is 0.00519. The van der Waals surface area contributed by atoms with Crippen molar-refractivity contribution in [1.29, 1.82) is 0 Å². The van der Waals surface area contributed by atoms with Crippen LogP contribution in [0.25, 0.3) is 0 Å². The average Bonchev–Trinajstić information content (AvgIpc) is 2.38. The zero-order valence-electron chi connectivity index (χ0n) is 14.3. The second kappa shape index (κ2) is 7.06. The third kappa shape index (κ3) is 5.01. The number of hydrogen-bond acceptors (Lipinski definition) is 3. The lowest BCUT2D eigenvalue weighted by Crippen LogP contribution is -2.49. The van der Waals surface area contributed by atoms with Crippen molar-refractivity contribution >= 4 is 11.9 Å². The fraction of sp³-hybridized carbons (Fsp3) is 0.529. The summed E-state index contributed by atoms with van der Waals surface area (Å²) < 4.78 is 31.6. The summed E-state index contributed by atoms with van der Waals surface area (Å²) in [7, 11) is 0. The van der Waals surface area contributed by atoms with Gasteiger partial charge in [0.25, 0.3) is 0 Å². The van der Waals surface area contributed by atoms with Crippen LogP contribution in [0.15, 0.2) is 18.2 Å². The van der Waals surface area contributed by atoms with Crippen molar-refractivity contribution in [3.8, 4) is 0 Å². The lowest BCUT2D eigenvalue weighted by Gasteiger charge is -2.33. The molecule has 0 saturated heterocycles. The number of benzene rings is 1. The predicted octanol–water partition coefficient (Wildman–Crippen LogP) is 4.18. The molecule has 0 bridgehead atoms. The summed E-state index contributed by atoms with van der Waals surface area (Å²) in [5.41, 5.74) is -0.694. The van der Waals surface area contributed by atoms with E-state index in [-0.39, 0.29) is 11.6 Å². The molecule has 1 unspecified atom stereocenters. The van der Waals surface area contributed by atoms with E-state index in [1.165, 1.54) is 17.9 Å². The van der Waals surface area contributed by atoms with E-state index in [1.54, 1.807) is 34.6 Å². The Morgan fingerprint density at radius 1 is 1.09 bits per heavy atom. The molecule has 0 spiro atoms. The first kappa shape index (κ1) is 19.1. The number of nitrogens with zero attached hydrogens (tertiary/aromatic N) is 1. The summed E-state index contributed by atoms with van der Waals surface area (Å²) in [5.74, 6) is -2.61. The Hall–Kier alpha value is -1.98. The Kier molecular flexibility index (Phi) is 5.86. The molecule has 4 nitrogen and oxygen atoms in total. The van der Waals surface area contributed by atoms with Crippen LogP contribution in [0.2, 0.25) is 0 Å². The zero-order valence-corrected chi connectivity index (χ0v) is 14.3. The molecule has 0 aliphatic rings. The minimum Gasteiger partial charge on any atom is -0.444 e. The molecule has 1 rings (SSSR count). The standard InChI is InChI=1S/C17H23F2NO3/c1-10(2)20(16(22)23-17(4,5)6)11(3)15(21)12-7-8-13(18)14(19)9-12/h7-11H,1-6H3. The van der Waals surface area contributed by atoms with Crippen molar-refractivity contribution in [2.24, 2.45) is 0 Å². The van der Waals surface area contributed by atoms with E-state index < -0.39 is 35.2 Å². The number of rotatable bonds is 4. The Morgan fingerprint density at radius 2 is 1.65 bits per heavy atom. The van der Waals surface area contributed by atoms with E-state index >= 15 is 0 Å². The Balaban J connectivity index is 3.05. The van der Waals surface area contributed by atoms with Gasteiger partial charge in [-0.25, -0.2) is 13.6 Å². The lowest BCUT2D eigenvalue weighted by molar-refractivity contribution is 0.0108. The summed E-state index contributed by atoms with van der Waals surface area (Å²) in [6, 6.07) is 1.76. The minimum atomic E-state index is -1.10. The maximum Gasteiger partial charge on any atom is 0.411 e. The first-order chi connectivity index (χ1) is 10.4. The molecular formula is C17H23F2NO3. The molecule has 0 fully saturated rings. The van der Waals surface area contributed by atoms with Gasteiger partial charge in [0, 0.05) is 11.6 Å². The van der Waals surface area contributed by atoms with Gasteiger partial charge in [0.05, 0.1) is 6.04 Å². The summed E-state index contributed by atoms with van der Waals surface area (Å²) in [4.78, 5) is 26.1. The van der Waals surface area contributed by atoms with Gasteiger partial charge in [-0.1, -0.05) is 0 Å². The summed E-state index contributed by atoms with van der Waals surface area (Å²) in [6.07, 6.45) is -0.629. The number of carbonyl (C=O) groups is 2. The monoisotopic (exact) mass is 327 g/mol. The van der Waals surface area contributed by atoms with E-state index in [0.29, 0.717) is 0 Å². The van der Waals surface area contributed by atoms with Crippen LogP contribution in [0.4, 0.5) is 13.6 Å². The molecule has 128 valence electrons. The Labute approximate surface area is 135 Å². The molecule has 0 aromatic heterocycles. The average molecular weight is 327 g/mol. The fourth-order valence-corrected chi connectivity index (χ4v) is 2.15. The van der Waals surface area contributed by atoms with Crippen molar-refractivity contribution < 1.29 is 23.1 Å². The van der Waals surface area contributed by atoms with Gasteiger partial charge in [-0.2, -0.15) is 0 Å². The number of ketones is 1. The first-order valence-corrected chi connectivity index (χ1v) is 7.44. The third-order valence-electron chi connectivity index (χ3n) is 3.16. The van der Waals surface area contributed by atoms with E-state index in [9.17, 15) is 18.4 Å². The summed E-state index contributed by atoms with van der Waals surface area (Å²) in [6.45, 7) is 10.2. The highest BCUT2D eigenvalue weighted by Gasteiger charge is 2.32. The van der Waals surface area contributed by atoms with E-state index in [4.69, 9.17) is 4.74 Å². The number of Topliss-reactive ketones (excluding diaryl/α,β-unsaturated/α-hetero) is 1. The van der Waals surface area contributed by atoms with Crippen molar-refractivity contribution in [3.63, 3.8) is 0 Å². The molecule has 23 heavy (non-hydrogen) atoms. The van der Waals surface area contributed by atoms with Crippen LogP contribution >= 0.6 is 0 Å². The molecule has 1 aromatic rings. The van der Waals surface area contributed by atoms with Gasteiger partial charge in [0.2, 0.25) is 0 Å². The second-order valence-electron chi connectivity index (χ2n) is 6.65. The molecule has 0 heterocycles. The fourth-order valence-electron chi connectivity index (χ4n) is 2.15. The highest BCUT2D eigenvalue weighted by Crippen LogP contribution is 2.18. The highest BCUT2D eigenvalue weighted by atomic mass is 19.2. The van der Waals surface area contributed by atoms with Crippen LogP contribution < -0.4 is 0 Å². The number of halogens is 2. The largest absolute Gasteiger partial charge is 0.444 e. The maximum atomic E-state index is 13.3. The smallest absolute Gasteiger partial charge is 0.411 e. The topological polar surface area (TPSA) is 46.6 Å². The maximum absolute atomic E-state index is 13.3. The van der Waals surface area contributed by atoms with Gasteiger partial charge in [0.1, 0.15) is 5.60 Å². The summed E-state index contributed by atoms with van der Waals surface area (Å²) in [5, 5.41) is 0. The van der Waals surface area contributed by atoms with Gasteiger partial charge in [-0.05, 0) is 59.7 Å². The second-order valence-corrected chi connectivity index (χ2v) is 6.65. The number of ether oxygens (including phenoxy) is 1. The van der Waals surface area contributed by atoms with Crippen molar-refractivity contribution in [3.05, 3.63) is 35.4 Å². The SMILES string of the molecule is CC(C)N(C(=O)OC(C)(C)C)C(C)C(=O)c1ccc(F)c(F)c1. The quantitative estimate of drug-likeness (QED) is 0.779. The Morgan fingerprint density at radius 3 is 2.09 bits per heavy atom. The number of carbonyl (C=O) groups excluding carboxylic acids is 2. The van der Waals surface area contributed by atoms with Crippen molar-refractivity contribution in [1.82, 2.24) is 4.90 Å². The molecule has 0 radical (unpaired) electrons. The van der Waals surface area contributed by atoms with E-state index in [0.717, 1.165) is 12.1 Å². The summed E-state index contributed by atoms with van der Waals surface area (Å²) >= 11 is 0. The van der Waals surface area contributed by atoms with Gasteiger partial charge in [0.15, 0.2) is 17.4 Å². The van der Waals surface area contributed by atoms with Crippen LogP contribution in [-0.4, -0.2) is 34.5 Å². The normalized spacial score (nSPS) is 12.9. The van der Waals surface area contributed by atoms with Crippen LogP contribution in [0.3, 0.4) is 0 Å². The predicted molar refractivity (Wildman–Crippen MR) is 83.4 cm³/mol. The highest BCUT2D eigenvalue weighted by molar-refractivity contribution is 6.01. The third-order valence-corrected chi connectivity index (χ3v) is 3.16. The molecule has 0 aliphatic heterocycles. The molecule has 0 saturated carbocycles. The van der Waals surface area contributed by atoms with Gasteiger partial charge >= 0.3 is 6.09 Å². The number of hydrogen-bond donors (Lipinski definition) is 0. The lowest BCUT2D eigenvalue weighted by atomic mass is 10.0. The molecule has 1 amide bonds. The molecule has 1 aromatic carbocycles. The Bertz CT molecular complexity index is 594. The molecular weight excluding hydrogens is 304 g/mol. The number of amides is 1. The van der Waals surface area contributed by atoms with Crippen LogP contribution in [0.5, 0.6) is 0 Å². The molecule has 6 heteroatoms. The molecule has 0 N–H and O–H groups in total. The van der Waals surface area contributed by atoms with Crippen molar-refractivity contribution in [2.75, 3.05) is 0 Å². The van der Waals surface area contributed by atoms with E-state index in [1.807, 2.05) is 0 Å². The van der Waals surface area contributed by atoms with Gasteiger partial charge in [-0.3, -0.25) is 9.69 Å². The van der Waals surface area contributed by atoms with Gasteiger partial charge in [-0.15, -0.1) is 0 Å².